The third-order valence-electron chi connectivity index (χ3n) is 4.39. The van der Waals surface area contributed by atoms with E-state index >= 15 is 0 Å². The molecule has 0 aliphatic heterocycles. The summed E-state index contributed by atoms with van der Waals surface area (Å²) in [6.07, 6.45) is 0. The molecule has 3 rings (SSSR count). The van der Waals surface area contributed by atoms with E-state index in [1.165, 1.54) is 5.56 Å². The fraction of sp³-hybridized carbons (Fsp3) is 0.300. The van der Waals surface area contributed by atoms with Crippen molar-refractivity contribution in [3.8, 4) is 5.69 Å². The van der Waals surface area contributed by atoms with Crippen LogP contribution in [-0.2, 0) is 0 Å². The number of aromatic nitrogens is 2. The van der Waals surface area contributed by atoms with Gasteiger partial charge in [0.15, 0.2) is 0 Å². The summed E-state index contributed by atoms with van der Waals surface area (Å²) in [6.45, 7) is 4.56. The van der Waals surface area contributed by atoms with Gasteiger partial charge in [0.2, 0.25) is 0 Å². The van der Waals surface area contributed by atoms with E-state index in [0.717, 1.165) is 17.1 Å². The van der Waals surface area contributed by atoms with Gasteiger partial charge in [-0.25, -0.2) is 4.68 Å². The van der Waals surface area contributed by atoms with Crippen LogP contribution in [0.4, 0.5) is 0 Å². The lowest BCUT2D eigenvalue weighted by Gasteiger charge is -2.24. The highest BCUT2D eigenvalue weighted by atomic mass is 32.1. The third-order valence-corrected chi connectivity index (χ3v) is 5.09. The van der Waals surface area contributed by atoms with Crippen molar-refractivity contribution in [2.75, 3.05) is 20.6 Å². The summed E-state index contributed by atoms with van der Waals surface area (Å²) in [4.78, 5) is 14.6. The van der Waals surface area contributed by atoms with Gasteiger partial charge in [-0.15, -0.1) is 0 Å². The predicted octanol–water partition coefficient (Wildman–Crippen LogP) is 3.58. The number of rotatable bonds is 6. The number of benzene rings is 1. The summed E-state index contributed by atoms with van der Waals surface area (Å²) < 4.78 is 1.88. The van der Waals surface area contributed by atoms with E-state index in [9.17, 15) is 4.79 Å². The first kappa shape index (κ1) is 18.4. The molecule has 0 saturated carbocycles. The molecular weight excluding hydrogens is 344 g/mol. The SMILES string of the molecule is Cc1cc(C)n(-c2ccc(C(=O)NC[C@H](c3ccsc3)N(C)C)cc2)n1. The first-order chi connectivity index (χ1) is 12.5. The molecule has 1 amide bonds. The van der Waals surface area contributed by atoms with Crippen molar-refractivity contribution in [3.63, 3.8) is 0 Å². The van der Waals surface area contributed by atoms with E-state index < -0.39 is 0 Å². The van der Waals surface area contributed by atoms with Gasteiger partial charge in [0, 0.05) is 17.8 Å². The van der Waals surface area contributed by atoms with Gasteiger partial charge in [0.25, 0.3) is 5.91 Å². The quantitative estimate of drug-likeness (QED) is 0.723. The second-order valence-electron chi connectivity index (χ2n) is 6.63. The van der Waals surface area contributed by atoms with Crippen LogP contribution in [0.15, 0.2) is 47.2 Å². The number of likely N-dealkylation sites (N-methyl/N-ethyl adjacent to an activating group) is 1. The molecule has 26 heavy (non-hydrogen) atoms. The largest absolute Gasteiger partial charge is 0.350 e. The molecule has 0 fully saturated rings. The van der Waals surface area contributed by atoms with Gasteiger partial charge in [-0.3, -0.25) is 4.79 Å². The van der Waals surface area contributed by atoms with Gasteiger partial charge in [-0.2, -0.15) is 16.4 Å². The maximum absolute atomic E-state index is 12.5. The number of amides is 1. The first-order valence-corrected chi connectivity index (χ1v) is 9.50. The third kappa shape index (κ3) is 4.03. The van der Waals surface area contributed by atoms with Crippen molar-refractivity contribution < 1.29 is 4.79 Å². The number of hydrogen-bond acceptors (Lipinski definition) is 4. The molecule has 1 N–H and O–H groups in total. The molecule has 0 aliphatic carbocycles. The van der Waals surface area contributed by atoms with Crippen molar-refractivity contribution in [1.82, 2.24) is 20.0 Å². The number of carbonyl (C=O) groups excluding carboxylic acids is 1. The fourth-order valence-corrected chi connectivity index (χ4v) is 3.71. The van der Waals surface area contributed by atoms with Crippen molar-refractivity contribution in [2.45, 2.75) is 19.9 Å². The first-order valence-electron chi connectivity index (χ1n) is 8.56. The van der Waals surface area contributed by atoms with Crippen LogP contribution < -0.4 is 5.32 Å². The minimum atomic E-state index is -0.0630. The zero-order chi connectivity index (χ0) is 18.7. The Kier molecular flexibility index (Phi) is 5.54. The Morgan fingerprint density at radius 2 is 1.96 bits per heavy atom. The van der Waals surface area contributed by atoms with Crippen LogP contribution in [0.1, 0.15) is 33.4 Å². The van der Waals surface area contributed by atoms with Crippen LogP contribution in [0.2, 0.25) is 0 Å². The topological polar surface area (TPSA) is 50.2 Å². The van der Waals surface area contributed by atoms with Crippen molar-refractivity contribution >= 4 is 17.2 Å². The van der Waals surface area contributed by atoms with Gasteiger partial charge >= 0.3 is 0 Å². The number of nitrogens with zero attached hydrogens (tertiary/aromatic N) is 3. The predicted molar refractivity (Wildman–Crippen MR) is 106 cm³/mol. The Morgan fingerprint density at radius 3 is 2.50 bits per heavy atom. The van der Waals surface area contributed by atoms with Crippen LogP contribution in [0, 0.1) is 13.8 Å². The lowest BCUT2D eigenvalue weighted by Crippen LogP contribution is -2.34. The van der Waals surface area contributed by atoms with E-state index in [1.807, 2.05) is 63.0 Å². The molecule has 2 aromatic heterocycles. The molecule has 1 atom stereocenters. The van der Waals surface area contributed by atoms with Gasteiger partial charge in [-0.1, -0.05) is 0 Å². The molecule has 0 spiro atoms. The summed E-state index contributed by atoms with van der Waals surface area (Å²) in [6, 6.07) is 11.8. The van der Waals surface area contributed by atoms with E-state index in [4.69, 9.17) is 0 Å². The summed E-state index contributed by atoms with van der Waals surface area (Å²) in [5.74, 6) is -0.0630. The number of aryl methyl sites for hydroxylation is 2. The molecule has 0 aliphatic rings. The average Bonchev–Trinajstić information content (AvgIpc) is 3.24. The molecule has 0 saturated heterocycles. The lowest BCUT2D eigenvalue weighted by molar-refractivity contribution is 0.0942. The summed E-state index contributed by atoms with van der Waals surface area (Å²) in [5, 5.41) is 11.7. The van der Waals surface area contributed by atoms with Crippen LogP contribution in [0.25, 0.3) is 5.69 Å². The molecule has 6 heteroatoms. The number of nitrogens with one attached hydrogen (secondary N) is 1. The van der Waals surface area contributed by atoms with Crippen molar-refractivity contribution in [1.29, 1.82) is 0 Å². The molecule has 1 aromatic carbocycles. The van der Waals surface area contributed by atoms with E-state index in [-0.39, 0.29) is 11.9 Å². The Morgan fingerprint density at radius 1 is 1.23 bits per heavy atom. The Hall–Kier alpha value is -2.44. The fourth-order valence-electron chi connectivity index (χ4n) is 3.00. The van der Waals surface area contributed by atoms with E-state index in [2.05, 4.69) is 32.1 Å². The molecule has 0 bridgehead atoms. The van der Waals surface area contributed by atoms with Crippen LogP contribution in [-0.4, -0.2) is 41.2 Å². The van der Waals surface area contributed by atoms with Crippen LogP contribution in [0.3, 0.4) is 0 Å². The van der Waals surface area contributed by atoms with E-state index in [0.29, 0.717) is 12.1 Å². The minimum absolute atomic E-state index is 0.0630. The van der Waals surface area contributed by atoms with Gasteiger partial charge in [0.05, 0.1) is 17.4 Å². The average molecular weight is 369 g/mol. The van der Waals surface area contributed by atoms with Crippen LogP contribution >= 0.6 is 11.3 Å². The van der Waals surface area contributed by atoms with Crippen molar-refractivity contribution in [3.05, 3.63) is 69.7 Å². The molecule has 0 unspecified atom stereocenters. The molecule has 2 heterocycles. The summed E-state index contributed by atoms with van der Waals surface area (Å²) in [7, 11) is 4.05. The minimum Gasteiger partial charge on any atom is -0.350 e. The number of thiophene rings is 1. The number of hydrogen-bond donors (Lipinski definition) is 1. The highest BCUT2D eigenvalue weighted by Crippen LogP contribution is 2.20. The monoisotopic (exact) mass is 368 g/mol. The summed E-state index contributed by atoms with van der Waals surface area (Å²) >= 11 is 1.67. The maximum Gasteiger partial charge on any atom is 0.251 e. The zero-order valence-corrected chi connectivity index (χ0v) is 16.4. The molecule has 5 nitrogen and oxygen atoms in total. The lowest BCUT2D eigenvalue weighted by atomic mass is 10.1. The molecule has 3 aromatic rings. The van der Waals surface area contributed by atoms with Crippen molar-refractivity contribution in [2.24, 2.45) is 0 Å². The highest BCUT2D eigenvalue weighted by Gasteiger charge is 2.16. The molecular formula is C20H24N4OS. The van der Waals surface area contributed by atoms with E-state index in [1.54, 1.807) is 11.3 Å². The maximum atomic E-state index is 12.5. The van der Waals surface area contributed by atoms with Crippen LogP contribution in [0.5, 0.6) is 0 Å². The summed E-state index contributed by atoms with van der Waals surface area (Å²) in [5.41, 5.74) is 4.88. The zero-order valence-electron chi connectivity index (χ0n) is 15.6. The van der Waals surface area contributed by atoms with Gasteiger partial charge in [0.1, 0.15) is 0 Å². The van der Waals surface area contributed by atoms with Gasteiger partial charge < -0.3 is 10.2 Å². The second kappa shape index (κ2) is 7.85. The normalized spacial score (nSPS) is 12.3. The Bertz CT molecular complexity index is 866. The molecule has 136 valence electrons. The Balaban J connectivity index is 1.67. The molecule has 0 radical (unpaired) electrons. The Labute approximate surface area is 158 Å². The van der Waals surface area contributed by atoms with Gasteiger partial charge in [-0.05, 0) is 80.7 Å². The number of carbonyl (C=O) groups is 1. The standard InChI is InChI=1S/C20H24N4OS/c1-14-11-15(2)24(22-14)18-7-5-16(6-8-18)20(25)21-12-19(23(3)4)17-9-10-26-13-17/h5-11,13,19H,12H2,1-4H3,(H,21,25)/t19-/m1/s1. The smallest absolute Gasteiger partial charge is 0.251 e. The highest BCUT2D eigenvalue weighted by molar-refractivity contribution is 7.07. The second-order valence-corrected chi connectivity index (χ2v) is 7.41.